The number of allylic oxidation sites excluding steroid dienone is 2. The van der Waals surface area contributed by atoms with Gasteiger partial charge in [0.05, 0.1) is 0 Å². The van der Waals surface area contributed by atoms with Gasteiger partial charge in [-0.1, -0.05) is 49.4 Å². The Morgan fingerprint density at radius 2 is 1.92 bits per heavy atom. The lowest BCUT2D eigenvalue weighted by Crippen LogP contribution is -2.09. The lowest BCUT2D eigenvalue weighted by atomic mass is 9.85. The van der Waals surface area contributed by atoms with Crippen LogP contribution >= 0.6 is 0 Å². The van der Waals surface area contributed by atoms with Gasteiger partial charge in [-0.15, -0.1) is 0 Å². The van der Waals surface area contributed by atoms with Gasteiger partial charge in [-0.25, -0.2) is 0 Å². The van der Waals surface area contributed by atoms with Crippen LogP contribution in [-0.4, -0.2) is 12.5 Å². The topological polar surface area (TPSA) is 29.4 Å². The Morgan fingerprint density at radius 1 is 1.16 bits per heavy atom. The number of rotatable bonds is 7. The highest BCUT2D eigenvalue weighted by atomic mass is 16.1. The third kappa shape index (κ3) is 4.76. The molecular formula is C23H27NO. The monoisotopic (exact) mass is 333 g/mol. The van der Waals surface area contributed by atoms with Crippen LogP contribution in [0.1, 0.15) is 58.8 Å². The minimum Gasteiger partial charge on any atom is -0.298 e. The zero-order valence-corrected chi connectivity index (χ0v) is 15.6. The van der Waals surface area contributed by atoms with Crippen molar-refractivity contribution in [1.29, 1.82) is 0 Å². The number of hydrogen-bond donors (Lipinski definition) is 0. The van der Waals surface area contributed by atoms with E-state index >= 15 is 0 Å². The minimum absolute atomic E-state index is 0.176. The molecule has 2 rings (SSSR count). The number of aldehydes is 1. The van der Waals surface area contributed by atoms with Gasteiger partial charge in [0.25, 0.3) is 0 Å². The Labute approximate surface area is 151 Å². The number of nitrogens with zero attached hydrogens (tertiary/aromatic N) is 1. The Morgan fingerprint density at radius 3 is 2.60 bits per heavy atom. The Bertz CT molecular complexity index is 786. The first-order chi connectivity index (χ1) is 12.1. The average molecular weight is 333 g/mol. The van der Waals surface area contributed by atoms with Crippen molar-refractivity contribution in [2.24, 2.45) is 4.99 Å². The molecule has 2 heteroatoms. The fraction of sp³-hybridized carbons (Fsp3) is 0.304. The van der Waals surface area contributed by atoms with Crippen LogP contribution in [0.15, 0.2) is 59.2 Å². The predicted octanol–water partition coefficient (Wildman–Crippen LogP) is 5.83. The standard InChI is InChI=1S/C23H27NO/c1-5-13-24-23(6-2)22(21-12-7-9-17(3)18(21)4)15-19-10-8-11-20(14-19)16-25/h6-14,16,22H,5,15H2,1-4H3/b23-6-,24-13?. The summed E-state index contributed by atoms with van der Waals surface area (Å²) in [5, 5.41) is 0. The molecule has 0 N–H and O–H groups in total. The van der Waals surface area contributed by atoms with Crippen LogP contribution in [0.5, 0.6) is 0 Å². The second-order valence-corrected chi connectivity index (χ2v) is 6.34. The smallest absolute Gasteiger partial charge is 0.150 e. The van der Waals surface area contributed by atoms with Crippen LogP contribution in [0, 0.1) is 13.8 Å². The molecule has 2 aromatic rings. The quantitative estimate of drug-likeness (QED) is 0.463. The summed E-state index contributed by atoms with van der Waals surface area (Å²) in [6.07, 6.45) is 6.71. The van der Waals surface area contributed by atoms with Crippen molar-refractivity contribution in [2.75, 3.05) is 0 Å². The molecule has 0 aliphatic heterocycles. The molecule has 0 aliphatic rings. The zero-order chi connectivity index (χ0) is 18.2. The van der Waals surface area contributed by atoms with E-state index < -0.39 is 0 Å². The molecule has 2 nitrogen and oxygen atoms in total. The first-order valence-corrected chi connectivity index (χ1v) is 8.89. The van der Waals surface area contributed by atoms with Gasteiger partial charge < -0.3 is 0 Å². The Hall–Kier alpha value is -2.48. The molecule has 0 bridgehead atoms. The van der Waals surface area contributed by atoms with Crippen molar-refractivity contribution in [2.45, 2.75) is 46.5 Å². The van der Waals surface area contributed by atoms with Gasteiger partial charge in [0.1, 0.15) is 6.29 Å². The summed E-state index contributed by atoms with van der Waals surface area (Å²) >= 11 is 0. The van der Waals surface area contributed by atoms with Crippen LogP contribution in [-0.2, 0) is 6.42 Å². The van der Waals surface area contributed by atoms with Crippen molar-refractivity contribution in [3.63, 3.8) is 0 Å². The zero-order valence-electron chi connectivity index (χ0n) is 15.6. The molecule has 0 heterocycles. The molecule has 0 aliphatic carbocycles. The molecule has 0 aromatic heterocycles. The predicted molar refractivity (Wildman–Crippen MR) is 107 cm³/mol. The first kappa shape index (κ1) is 18.9. The van der Waals surface area contributed by atoms with Crippen molar-refractivity contribution < 1.29 is 4.79 Å². The van der Waals surface area contributed by atoms with Gasteiger partial charge >= 0.3 is 0 Å². The summed E-state index contributed by atoms with van der Waals surface area (Å²) in [6, 6.07) is 14.3. The Kier molecular flexibility index (Phi) is 6.88. The second-order valence-electron chi connectivity index (χ2n) is 6.34. The molecule has 25 heavy (non-hydrogen) atoms. The highest BCUT2D eigenvalue weighted by Gasteiger charge is 2.19. The third-order valence-corrected chi connectivity index (χ3v) is 4.62. The van der Waals surface area contributed by atoms with Crippen LogP contribution < -0.4 is 0 Å². The molecule has 0 radical (unpaired) electrons. The van der Waals surface area contributed by atoms with E-state index in [2.05, 4.69) is 51.1 Å². The van der Waals surface area contributed by atoms with Gasteiger partial charge in [0.2, 0.25) is 0 Å². The summed E-state index contributed by atoms with van der Waals surface area (Å²) in [4.78, 5) is 15.8. The highest BCUT2D eigenvalue weighted by molar-refractivity contribution is 5.75. The van der Waals surface area contributed by atoms with Gasteiger partial charge in [-0.2, -0.15) is 0 Å². The third-order valence-electron chi connectivity index (χ3n) is 4.62. The molecule has 130 valence electrons. The lowest BCUT2D eigenvalue weighted by Gasteiger charge is -2.22. The number of hydrogen-bond acceptors (Lipinski definition) is 2. The normalized spacial score (nSPS) is 13.2. The number of aliphatic imine (C=N–C) groups is 1. The summed E-state index contributed by atoms with van der Waals surface area (Å²) in [5.74, 6) is 0.176. The van der Waals surface area contributed by atoms with E-state index in [0.29, 0.717) is 0 Å². The van der Waals surface area contributed by atoms with E-state index in [1.54, 1.807) is 0 Å². The molecule has 1 atom stereocenters. The molecule has 0 fully saturated rings. The van der Waals surface area contributed by atoms with E-state index in [1.165, 1.54) is 16.7 Å². The molecular weight excluding hydrogens is 306 g/mol. The summed E-state index contributed by atoms with van der Waals surface area (Å²) in [6.45, 7) is 8.46. The van der Waals surface area contributed by atoms with E-state index in [4.69, 9.17) is 4.99 Å². The molecule has 0 saturated carbocycles. The first-order valence-electron chi connectivity index (χ1n) is 8.89. The van der Waals surface area contributed by atoms with Gasteiger partial charge in [0.15, 0.2) is 0 Å². The van der Waals surface area contributed by atoms with E-state index in [0.717, 1.165) is 36.0 Å². The van der Waals surface area contributed by atoms with E-state index in [-0.39, 0.29) is 5.92 Å². The van der Waals surface area contributed by atoms with E-state index in [1.807, 2.05) is 31.3 Å². The number of aryl methyl sites for hydroxylation is 1. The fourth-order valence-corrected chi connectivity index (χ4v) is 3.12. The SMILES string of the molecule is C/C=C(\N=CCC)C(Cc1cccc(C=O)c1)c1cccc(C)c1C. The van der Waals surface area contributed by atoms with Gasteiger partial charge in [-0.3, -0.25) is 9.79 Å². The summed E-state index contributed by atoms with van der Waals surface area (Å²) in [7, 11) is 0. The minimum atomic E-state index is 0.176. The highest BCUT2D eigenvalue weighted by Crippen LogP contribution is 2.32. The number of carbonyl (C=O) groups excluding carboxylic acids is 1. The van der Waals surface area contributed by atoms with Gasteiger partial charge in [0, 0.05) is 23.4 Å². The second kappa shape index (κ2) is 9.12. The van der Waals surface area contributed by atoms with Crippen molar-refractivity contribution in [3.8, 4) is 0 Å². The van der Waals surface area contributed by atoms with Gasteiger partial charge in [-0.05, 0) is 61.9 Å². The van der Waals surface area contributed by atoms with Crippen LogP contribution in [0.2, 0.25) is 0 Å². The molecule has 1 unspecified atom stereocenters. The maximum Gasteiger partial charge on any atom is 0.150 e. The molecule has 2 aromatic carbocycles. The summed E-state index contributed by atoms with van der Waals surface area (Å²) in [5.41, 5.74) is 6.85. The maximum atomic E-state index is 11.1. The van der Waals surface area contributed by atoms with Crippen LogP contribution in [0.25, 0.3) is 0 Å². The molecule has 0 amide bonds. The van der Waals surface area contributed by atoms with Crippen molar-refractivity contribution >= 4 is 12.5 Å². The maximum absolute atomic E-state index is 11.1. The lowest BCUT2D eigenvalue weighted by molar-refractivity contribution is 0.112. The van der Waals surface area contributed by atoms with Crippen molar-refractivity contribution in [1.82, 2.24) is 0 Å². The van der Waals surface area contributed by atoms with Crippen molar-refractivity contribution in [3.05, 3.63) is 82.1 Å². The number of benzene rings is 2. The van der Waals surface area contributed by atoms with E-state index in [9.17, 15) is 4.79 Å². The van der Waals surface area contributed by atoms with Crippen LogP contribution in [0.3, 0.4) is 0 Å². The fourth-order valence-electron chi connectivity index (χ4n) is 3.12. The molecule has 0 saturated heterocycles. The summed E-state index contributed by atoms with van der Waals surface area (Å²) < 4.78 is 0. The largest absolute Gasteiger partial charge is 0.298 e. The average Bonchev–Trinajstić information content (AvgIpc) is 2.64. The molecule has 0 spiro atoms. The number of carbonyl (C=O) groups is 1. The van der Waals surface area contributed by atoms with Crippen LogP contribution in [0.4, 0.5) is 0 Å². The Balaban J connectivity index is 2.49.